The molecule has 1 heterocycles. The molecular formula is C13H23N3O2. The Morgan fingerprint density at radius 2 is 2.11 bits per heavy atom. The number of nitrogens with one attached hydrogen (secondary N) is 1. The van der Waals surface area contributed by atoms with Crippen LogP contribution in [0.5, 0.6) is 0 Å². The molecule has 2 amide bonds. The van der Waals surface area contributed by atoms with Crippen LogP contribution in [0.25, 0.3) is 0 Å². The molecule has 0 spiro atoms. The SMILES string of the molecule is CC1CCCC1C(=O)N(CC(N)=O)C1CCNC1. The van der Waals surface area contributed by atoms with Crippen LogP contribution >= 0.6 is 0 Å². The van der Waals surface area contributed by atoms with Crippen molar-refractivity contribution >= 4 is 11.8 Å². The van der Waals surface area contributed by atoms with E-state index in [9.17, 15) is 9.59 Å². The Bertz CT molecular complexity index is 326. The molecule has 0 aromatic heterocycles. The smallest absolute Gasteiger partial charge is 0.237 e. The number of rotatable bonds is 4. The van der Waals surface area contributed by atoms with Crippen molar-refractivity contribution in [2.24, 2.45) is 17.6 Å². The van der Waals surface area contributed by atoms with Gasteiger partial charge in [0.1, 0.15) is 0 Å². The maximum absolute atomic E-state index is 12.6. The third-order valence-corrected chi connectivity index (χ3v) is 4.26. The Kier molecular flexibility index (Phi) is 4.22. The van der Waals surface area contributed by atoms with Crippen molar-refractivity contribution in [1.29, 1.82) is 0 Å². The summed E-state index contributed by atoms with van der Waals surface area (Å²) >= 11 is 0. The molecule has 2 fully saturated rings. The monoisotopic (exact) mass is 253 g/mol. The van der Waals surface area contributed by atoms with Crippen LogP contribution in [0.1, 0.15) is 32.6 Å². The van der Waals surface area contributed by atoms with Gasteiger partial charge in [0.15, 0.2) is 0 Å². The fraction of sp³-hybridized carbons (Fsp3) is 0.846. The molecule has 1 saturated carbocycles. The number of hydrogen-bond donors (Lipinski definition) is 2. The van der Waals surface area contributed by atoms with E-state index >= 15 is 0 Å². The van der Waals surface area contributed by atoms with Crippen molar-refractivity contribution < 1.29 is 9.59 Å². The molecule has 3 atom stereocenters. The minimum absolute atomic E-state index is 0.0639. The maximum atomic E-state index is 12.6. The number of carbonyl (C=O) groups excluding carboxylic acids is 2. The summed E-state index contributed by atoms with van der Waals surface area (Å²) in [6.07, 6.45) is 4.10. The molecule has 2 rings (SSSR count). The van der Waals surface area contributed by atoms with Gasteiger partial charge in [-0.25, -0.2) is 0 Å². The van der Waals surface area contributed by atoms with E-state index in [2.05, 4.69) is 12.2 Å². The fourth-order valence-corrected chi connectivity index (χ4v) is 3.19. The van der Waals surface area contributed by atoms with E-state index in [1.54, 1.807) is 4.90 Å². The van der Waals surface area contributed by atoms with Crippen molar-refractivity contribution in [3.63, 3.8) is 0 Å². The number of carbonyl (C=O) groups is 2. The first-order valence-electron chi connectivity index (χ1n) is 6.89. The summed E-state index contributed by atoms with van der Waals surface area (Å²) in [4.78, 5) is 25.5. The zero-order valence-corrected chi connectivity index (χ0v) is 11.0. The number of hydrogen-bond acceptors (Lipinski definition) is 3. The molecule has 2 aliphatic rings. The number of nitrogens with two attached hydrogens (primary N) is 1. The number of amides is 2. The molecule has 0 bridgehead atoms. The molecule has 18 heavy (non-hydrogen) atoms. The third-order valence-electron chi connectivity index (χ3n) is 4.26. The van der Waals surface area contributed by atoms with Gasteiger partial charge in [0.25, 0.3) is 0 Å². The average molecular weight is 253 g/mol. The van der Waals surface area contributed by atoms with Crippen LogP contribution < -0.4 is 11.1 Å². The second kappa shape index (κ2) is 5.69. The predicted octanol–water partition coefficient (Wildman–Crippen LogP) is 0.0984. The molecule has 0 radical (unpaired) electrons. The molecular weight excluding hydrogens is 230 g/mol. The quantitative estimate of drug-likeness (QED) is 0.746. The highest BCUT2D eigenvalue weighted by atomic mass is 16.2. The Morgan fingerprint density at radius 3 is 2.61 bits per heavy atom. The molecule has 1 saturated heterocycles. The van der Waals surface area contributed by atoms with E-state index in [0.717, 1.165) is 38.8 Å². The second-order valence-corrected chi connectivity index (χ2v) is 5.59. The van der Waals surface area contributed by atoms with Gasteiger partial charge in [-0.3, -0.25) is 9.59 Å². The van der Waals surface area contributed by atoms with Crippen molar-refractivity contribution in [3.05, 3.63) is 0 Å². The number of nitrogens with zero attached hydrogens (tertiary/aromatic N) is 1. The molecule has 0 aromatic rings. The lowest BCUT2D eigenvalue weighted by molar-refractivity contribution is -0.141. The van der Waals surface area contributed by atoms with Crippen LogP contribution in [0.2, 0.25) is 0 Å². The first-order chi connectivity index (χ1) is 8.59. The van der Waals surface area contributed by atoms with Gasteiger partial charge >= 0.3 is 0 Å². The highest BCUT2D eigenvalue weighted by molar-refractivity contribution is 5.85. The zero-order valence-electron chi connectivity index (χ0n) is 11.0. The summed E-state index contributed by atoms with van der Waals surface area (Å²) in [7, 11) is 0. The van der Waals surface area contributed by atoms with Gasteiger partial charge in [0, 0.05) is 18.5 Å². The topological polar surface area (TPSA) is 75.4 Å². The highest BCUT2D eigenvalue weighted by Crippen LogP contribution is 2.33. The van der Waals surface area contributed by atoms with Gasteiger partial charge in [-0.1, -0.05) is 13.3 Å². The van der Waals surface area contributed by atoms with Crippen molar-refractivity contribution in [2.75, 3.05) is 19.6 Å². The molecule has 3 unspecified atom stereocenters. The van der Waals surface area contributed by atoms with Gasteiger partial charge in [-0.2, -0.15) is 0 Å². The van der Waals surface area contributed by atoms with E-state index in [1.807, 2.05) is 0 Å². The molecule has 5 nitrogen and oxygen atoms in total. The maximum Gasteiger partial charge on any atom is 0.237 e. The van der Waals surface area contributed by atoms with Crippen molar-refractivity contribution in [2.45, 2.75) is 38.6 Å². The van der Waals surface area contributed by atoms with Crippen LogP contribution in [0.4, 0.5) is 0 Å². The summed E-state index contributed by atoms with van der Waals surface area (Å²) in [6.45, 7) is 3.88. The Balaban J connectivity index is 2.06. The first-order valence-corrected chi connectivity index (χ1v) is 6.89. The molecule has 102 valence electrons. The van der Waals surface area contributed by atoms with E-state index < -0.39 is 5.91 Å². The van der Waals surface area contributed by atoms with Crippen LogP contribution in [0.3, 0.4) is 0 Å². The van der Waals surface area contributed by atoms with Crippen LogP contribution in [-0.2, 0) is 9.59 Å². The summed E-state index contributed by atoms with van der Waals surface area (Å²) in [6, 6.07) is 0.137. The molecule has 1 aliphatic heterocycles. The predicted molar refractivity (Wildman–Crippen MR) is 68.7 cm³/mol. The van der Waals surface area contributed by atoms with Crippen LogP contribution in [-0.4, -0.2) is 42.4 Å². The molecule has 5 heteroatoms. The van der Waals surface area contributed by atoms with Gasteiger partial charge in [-0.15, -0.1) is 0 Å². The summed E-state index contributed by atoms with van der Waals surface area (Å²) in [5.41, 5.74) is 5.28. The number of primary amides is 1. The zero-order chi connectivity index (χ0) is 13.1. The lowest BCUT2D eigenvalue weighted by atomic mass is 9.95. The van der Waals surface area contributed by atoms with E-state index in [0.29, 0.717) is 5.92 Å². The summed E-state index contributed by atoms with van der Waals surface area (Å²) in [5.74, 6) is 0.237. The fourth-order valence-electron chi connectivity index (χ4n) is 3.19. The van der Waals surface area contributed by atoms with Crippen molar-refractivity contribution in [3.8, 4) is 0 Å². The molecule has 1 aliphatic carbocycles. The third kappa shape index (κ3) is 2.83. The normalized spacial score (nSPS) is 31.5. The van der Waals surface area contributed by atoms with Gasteiger partial charge in [0.05, 0.1) is 6.54 Å². The van der Waals surface area contributed by atoms with E-state index in [4.69, 9.17) is 5.73 Å². The standard InChI is InChI=1S/C13H23N3O2/c1-9-3-2-4-11(9)13(18)16(8-12(14)17)10-5-6-15-7-10/h9-11,15H,2-8H2,1H3,(H2,14,17). The van der Waals surface area contributed by atoms with Crippen LogP contribution in [0.15, 0.2) is 0 Å². The lowest BCUT2D eigenvalue weighted by Gasteiger charge is -2.31. The minimum atomic E-state index is -0.416. The Morgan fingerprint density at radius 1 is 1.33 bits per heavy atom. The molecule has 0 aromatic carbocycles. The average Bonchev–Trinajstić information content (AvgIpc) is 2.95. The van der Waals surface area contributed by atoms with Gasteiger partial charge in [-0.05, 0) is 31.7 Å². The van der Waals surface area contributed by atoms with Crippen molar-refractivity contribution in [1.82, 2.24) is 10.2 Å². The van der Waals surface area contributed by atoms with Crippen LogP contribution in [0, 0.1) is 11.8 Å². The lowest BCUT2D eigenvalue weighted by Crippen LogP contribution is -2.48. The molecule has 3 N–H and O–H groups in total. The van der Waals surface area contributed by atoms with Gasteiger partial charge in [0.2, 0.25) is 11.8 Å². The van der Waals surface area contributed by atoms with E-state index in [1.165, 1.54) is 0 Å². The Hall–Kier alpha value is -1.10. The first kappa shape index (κ1) is 13.3. The highest BCUT2D eigenvalue weighted by Gasteiger charge is 2.36. The van der Waals surface area contributed by atoms with Gasteiger partial charge < -0.3 is 16.0 Å². The summed E-state index contributed by atoms with van der Waals surface area (Å²) < 4.78 is 0. The minimum Gasteiger partial charge on any atom is -0.368 e. The summed E-state index contributed by atoms with van der Waals surface area (Å²) in [5, 5.41) is 3.24. The largest absolute Gasteiger partial charge is 0.368 e. The van der Waals surface area contributed by atoms with E-state index in [-0.39, 0.29) is 24.4 Å². The second-order valence-electron chi connectivity index (χ2n) is 5.59. The Labute approximate surface area is 108 Å².